The van der Waals surface area contributed by atoms with Gasteiger partial charge in [0, 0.05) is 22.2 Å². The molecule has 0 saturated heterocycles. The summed E-state index contributed by atoms with van der Waals surface area (Å²) in [5.74, 6) is 0.364. The van der Waals surface area contributed by atoms with E-state index in [9.17, 15) is 4.21 Å². The summed E-state index contributed by atoms with van der Waals surface area (Å²) >= 11 is 6.83. The Labute approximate surface area is 224 Å². The molecule has 36 heavy (non-hydrogen) atoms. The van der Waals surface area contributed by atoms with Crippen molar-refractivity contribution in [1.82, 2.24) is 4.72 Å². The lowest BCUT2D eigenvalue weighted by Crippen LogP contribution is -2.47. The summed E-state index contributed by atoms with van der Waals surface area (Å²) in [6.45, 7) is 6.05. The lowest BCUT2D eigenvalue weighted by molar-refractivity contribution is 0.266. The molecule has 3 aromatic carbocycles. The lowest BCUT2D eigenvalue weighted by Gasteiger charge is -2.37. The molecule has 1 unspecified atom stereocenters. The fraction of sp³-hybridized carbons (Fsp3) is 0.387. The molecule has 0 heterocycles. The summed E-state index contributed by atoms with van der Waals surface area (Å²) in [5, 5.41) is 0.691. The van der Waals surface area contributed by atoms with Crippen LogP contribution >= 0.6 is 11.6 Å². The minimum Gasteiger partial charge on any atom is -0.274 e. The molecule has 4 rings (SSSR count). The Balaban J connectivity index is 1.90. The van der Waals surface area contributed by atoms with Gasteiger partial charge >= 0.3 is 0 Å². The van der Waals surface area contributed by atoms with Crippen molar-refractivity contribution in [2.45, 2.75) is 69.7 Å². The summed E-state index contributed by atoms with van der Waals surface area (Å²) < 4.78 is 16.7. The van der Waals surface area contributed by atoms with Crippen LogP contribution in [0.1, 0.15) is 75.6 Å². The predicted molar refractivity (Wildman–Crippen MR) is 154 cm³/mol. The van der Waals surface area contributed by atoms with Crippen LogP contribution in [-0.4, -0.2) is 20.7 Å². The molecular weight excluding hydrogens is 484 g/mol. The Morgan fingerprint density at radius 1 is 0.861 bits per heavy atom. The molecule has 1 aliphatic carbocycles. The zero-order valence-electron chi connectivity index (χ0n) is 21.5. The number of nitrogens with one attached hydrogen (secondary N) is 1. The van der Waals surface area contributed by atoms with Crippen molar-refractivity contribution in [1.29, 1.82) is 0 Å². The molecular formula is C31H37ClN2OS. The first-order valence-electron chi connectivity index (χ1n) is 13.0. The van der Waals surface area contributed by atoms with Crippen LogP contribution in [0.4, 0.5) is 0 Å². The summed E-state index contributed by atoms with van der Waals surface area (Å²) in [6, 6.07) is 28.2. The summed E-state index contributed by atoms with van der Waals surface area (Å²) in [4.78, 5) is 5.49. The number of rotatable bonds is 8. The maximum atomic E-state index is 13.5. The minimum absolute atomic E-state index is 0.104. The molecule has 0 aromatic heterocycles. The van der Waals surface area contributed by atoms with E-state index in [2.05, 4.69) is 35.1 Å². The van der Waals surface area contributed by atoms with Gasteiger partial charge in [-0.05, 0) is 51.2 Å². The maximum absolute atomic E-state index is 13.5. The highest BCUT2D eigenvalue weighted by atomic mass is 35.5. The van der Waals surface area contributed by atoms with Gasteiger partial charge in [-0.2, -0.15) is 0 Å². The molecule has 190 valence electrons. The van der Waals surface area contributed by atoms with E-state index in [-0.39, 0.29) is 16.8 Å². The van der Waals surface area contributed by atoms with Crippen molar-refractivity contribution in [3.63, 3.8) is 0 Å². The molecule has 1 N–H and O–H groups in total. The maximum Gasteiger partial charge on any atom is 0.0973 e. The average molecular weight is 521 g/mol. The summed E-state index contributed by atoms with van der Waals surface area (Å²) in [5.41, 5.74) is 4.00. The van der Waals surface area contributed by atoms with Gasteiger partial charge in [0.25, 0.3) is 0 Å². The highest BCUT2D eigenvalue weighted by molar-refractivity contribution is 7.84. The molecule has 1 fully saturated rings. The third-order valence-electron chi connectivity index (χ3n) is 6.88. The Bertz CT molecular complexity index is 1130. The van der Waals surface area contributed by atoms with Crippen LogP contribution in [0, 0.1) is 5.92 Å². The van der Waals surface area contributed by atoms with Gasteiger partial charge in [-0.25, -0.2) is 8.93 Å². The standard InChI is InChI=1S/C31H37ClN2OS/c1-31(2,3)36(35)34-29(25-19-11-6-12-20-25)30(26-21-13-14-22-27(26)32)33-28(23-15-7-4-8-16-23)24-17-9-5-10-18-24/h4-5,7-10,13-18,21-22,25,29-30,34H,6,11-12,19-20H2,1-3H3/t29-,30+,36?/m1/s1. The molecule has 0 spiro atoms. The molecule has 0 aliphatic heterocycles. The van der Waals surface area contributed by atoms with Crippen molar-refractivity contribution in [2.24, 2.45) is 10.9 Å². The molecule has 5 heteroatoms. The van der Waals surface area contributed by atoms with Crippen LogP contribution in [0.3, 0.4) is 0 Å². The van der Waals surface area contributed by atoms with Gasteiger partial charge in [-0.3, -0.25) is 4.99 Å². The van der Waals surface area contributed by atoms with Crippen molar-refractivity contribution in [2.75, 3.05) is 0 Å². The summed E-state index contributed by atoms with van der Waals surface area (Å²) in [6.07, 6.45) is 5.83. The molecule has 3 aromatic rings. The molecule has 1 saturated carbocycles. The van der Waals surface area contributed by atoms with E-state index in [1.165, 1.54) is 19.3 Å². The molecule has 0 bridgehead atoms. The van der Waals surface area contributed by atoms with Gasteiger partial charge in [0.05, 0.1) is 27.5 Å². The molecule has 0 amide bonds. The number of benzene rings is 3. The van der Waals surface area contributed by atoms with E-state index in [0.717, 1.165) is 35.2 Å². The zero-order chi connectivity index (χ0) is 25.5. The van der Waals surface area contributed by atoms with Crippen LogP contribution < -0.4 is 4.72 Å². The van der Waals surface area contributed by atoms with Gasteiger partial charge in [0.15, 0.2) is 0 Å². The first-order chi connectivity index (χ1) is 17.3. The zero-order valence-corrected chi connectivity index (χ0v) is 23.1. The fourth-order valence-electron chi connectivity index (χ4n) is 4.92. The molecule has 3 nitrogen and oxygen atoms in total. The highest BCUT2D eigenvalue weighted by Gasteiger charge is 2.36. The van der Waals surface area contributed by atoms with Gasteiger partial charge in [-0.15, -0.1) is 0 Å². The van der Waals surface area contributed by atoms with Crippen molar-refractivity contribution >= 4 is 28.3 Å². The van der Waals surface area contributed by atoms with Crippen LogP contribution in [-0.2, 0) is 11.0 Å². The first kappa shape index (κ1) is 26.8. The quantitative estimate of drug-likeness (QED) is 0.301. The van der Waals surface area contributed by atoms with E-state index in [1.54, 1.807) is 0 Å². The van der Waals surface area contributed by atoms with Crippen LogP contribution in [0.15, 0.2) is 89.9 Å². The smallest absolute Gasteiger partial charge is 0.0973 e. The van der Waals surface area contributed by atoms with E-state index in [1.807, 2.05) is 75.4 Å². The van der Waals surface area contributed by atoms with Crippen molar-refractivity contribution in [3.05, 3.63) is 107 Å². The van der Waals surface area contributed by atoms with Crippen LogP contribution in [0.25, 0.3) is 0 Å². The number of hydrogen-bond acceptors (Lipinski definition) is 2. The number of nitrogens with zero attached hydrogens (tertiary/aromatic N) is 1. The normalized spacial score (nSPS) is 17.2. The Kier molecular flexibility index (Phi) is 9.16. The lowest BCUT2D eigenvalue weighted by atomic mass is 9.80. The van der Waals surface area contributed by atoms with Gasteiger partial charge in [-0.1, -0.05) is 110 Å². The van der Waals surface area contributed by atoms with Crippen molar-refractivity contribution in [3.8, 4) is 0 Å². The third kappa shape index (κ3) is 6.73. The highest BCUT2D eigenvalue weighted by Crippen LogP contribution is 2.38. The van der Waals surface area contributed by atoms with E-state index >= 15 is 0 Å². The van der Waals surface area contributed by atoms with Crippen molar-refractivity contribution < 1.29 is 4.21 Å². The average Bonchev–Trinajstić information content (AvgIpc) is 2.90. The second kappa shape index (κ2) is 12.3. The number of halogens is 1. The molecule has 0 radical (unpaired) electrons. The minimum atomic E-state index is -1.24. The van der Waals surface area contributed by atoms with Crippen LogP contribution in [0.2, 0.25) is 5.02 Å². The van der Waals surface area contributed by atoms with E-state index in [4.69, 9.17) is 16.6 Å². The van der Waals surface area contributed by atoms with Crippen LogP contribution in [0.5, 0.6) is 0 Å². The first-order valence-corrected chi connectivity index (χ1v) is 14.5. The summed E-state index contributed by atoms with van der Waals surface area (Å²) in [7, 11) is -1.24. The largest absolute Gasteiger partial charge is 0.274 e. The van der Waals surface area contributed by atoms with Gasteiger partial charge < -0.3 is 0 Å². The fourth-order valence-corrected chi connectivity index (χ4v) is 6.09. The third-order valence-corrected chi connectivity index (χ3v) is 8.83. The van der Waals surface area contributed by atoms with E-state index in [0.29, 0.717) is 10.9 Å². The predicted octanol–water partition coefficient (Wildman–Crippen LogP) is 7.92. The Hall–Kier alpha value is -2.27. The molecule has 1 aliphatic rings. The molecule has 3 atom stereocenters. The van der Waals surface area contributed by atoms with Gasteiger partial charge in [0.1, 0.15) is 0 Å². The second-order valence-corrected chi connectivity index (χ2v) is 13.0. The Morgan fingerprint density at radius 2 is 1.39 bits per heavy atom. The number of aliphatic imine (C=N–C) groups is 1. The SMILES string of the molecule is CC(C)(C)S(=O)N[C@H](C1CCCCC1)[C@@H](N=C(c1ccccc1)c1ccccc1)c1ccccc1Cl. The number of hydrogen-bond donors (Lipinski definition) is 1. The second-order valence-electron chi connectivity index (χ2n) is 10.6. The Morgan fingerprint density at radius 3 is 1.92 bits per heavy atom. The van der Waals surface area contributed by atoms with E-state index < -0.39 is 11.0 Å². The topological polar surface area (TPSA) is 41.5 Å². The monoisotopic (exact) mass is 520 g/mol. The van der Waals surface area contributed by atoms with Gasteiger partial charge in [0.2, 0.25) is 0 Å².